The Kier molecular flexibility index (Phi) is 9.46. The molecule has 1 N–H and O–H groups in total. The number of aliphatic carboxylic acids is 1. The molecule has 0 unspecified atom stereocenters. The molecule has 1 aliphatic carbocycles. The van der Waals surface area contributed by atoms with Gasteiger partial charge in [-0.15, -0.1) is 0 Å². The van der Waals surface area contributed by atoms with Gasteiger partial charge in [-0.05, 0) is 87.0 Å². The minimum Gasteiger partial charge on any atom is -0.481 e. The monoisotopic (exact) mass is 406 g/mol. The number of carbonyl (C=O) groups is 1. The molecule has 2 bridgehead atoms. The van der Waals surface area contributed by atoms with Crippen LogP contribution < -0.4 is 0 Å². The van der Waals surface area contributed by atoms with Gasteiger partial charge in [-0.2, -0.15) is 11.8 Å². The van der Waals surface area contributed by atoms with Crippen LogP contribution >= 0.6 is 11.8 Å². The van der Waals surface area contributed by atoms with Gasteiger partial charge >= 0.3 is 5.97 Å². The van der Waals surface area contributed by atoms with E-state index in [4.69, 9.17) is 9.84 Å². The summed E-state index contributed by atoms with van der Waals surface area (Å²) in [6.45, 7) is 0. The number of thioether (sulfide) groups is 1. The second-order valence-electron chi connectivity index (χ2n) is 8.77. The van der Waals surface area contributed by atoms with Gasteiger partial charge in [-0.3, -0.25) is 4.79 Å². The first kappa shape index (κ1) is 22.0. The van der Waals surface area contributed by atoms with Crippen molar-refractivity contribution in [1.29, 1.82) is 0 Å². The minimum absolute atomic E-state index is 0.275. The van der Waals surface area contributed by atoms with E-state index in [1.54, 1.807) is 0 Å². The van der Waals surface area contributed by atoms with E-state index < -0.39 is 5.97 Å². The number of fused-ring (bicyclic) bond motifs is 2. The van der Waals surface area contributed by atoms with Gasteiger partial charge in [-0.1, -0.05) is 37.1 Å². The molecule has 0 radical (unpaired) electrons. The van der Waals surface area contributed by atoms with E-state index in [0.717, 1.165) is 31.1 Å². The third-order valence-electron chi connectivity index (χ3n) is 6.76. The van der Waals surface area contributed by atoms with Crippen LogP contribution in [0.15, 0.2) is 24.3 Å². The molecule has 3 aliphatic rings. The molecular weight excluding hydrogens is 368 g/mol. The van der Waals surface area contributed by atoms with Crippen LogP contribution in [-0.4, -0.2) is 34.8 Å². The summed E-state index contributed by atoms with van der Waals surface area (Å²) < 4.78 is 6.23. The zero-order valence-electron chi connectivity index (χ0n) is 17.3. The zero-order valence-corrected chi connectivity index (χ0v) is 18.1. The summed E-state index contributed by atoms with van der Waals surface area (Å²) in [6, 6.07) is 0. The van der Waals surface area contributed by atoms with Crippen LogP contribution in [0.5, 0.6) is 0 Å². The molecular formula is C24H38O3S. The summed E-state index contributed by atoms with van der Waals surface area (Å²) in [4.78, 5) is 10.6. The molecule has 0 aromatic rings. The van der Waals surface area contributed by atoms with Gasteiger partial charge in [-0.25, -0.2) is 0 Å². The molecule has 4 atom stereocenters. The molecule has 4 heteroatoms. The number of hydrogen-bond acceptors (Lipinski definition) is 3. The fourth-order valence-corrected chi connectivity index (χ4v) is 6.20. The van der Waals surface area contributed by atoms with Gasteiger partial charge in [0.2, 0.25) is 0 Å². The lowest BCUT2D eigenvalue weighted by atomic mass is 9.76. The molecule has 3 nitrogen and oxygen atoms in total. The summed E-state index contributed by atoms with van der Waals surface area (Å²) in [5, 5.41) is 8.70. The largest absolute Gasteiger partial charge is 0.481 e. The van der Waals surface area contributed by atoms with Crippen LogP contribution in [0.25, 0.3) is 0 Å². The topological polar surface area (TPSA) is 46.5 Å². The quantitative estimate of drug-likeness (QED) is 0.290. The van der Waals surface area contributed by atoms with E-state index in [1.165, 1.54) is 62.9 Å². The fraction of sp³-hybridized carbons (Fsp3) is 0.792. The Morgan fingerprint density at radius 3 is 2.54 bits per heavy atom. The summed E-state index contributed by atoms with van der Waals surface area (Å²) in [6.07, 6.45) is 24.0. The van der Waals surface area contributed by atoms with Gasteiger partial charge < -0.3 is 9.84 Å². The molecule has 0 spiro atoms. The minimum atomic E-state index is -0.693. The molecule has 28 heavy (non-hydrogen) atoms. The van der Waals surface area contributed by atoms with Gasteiger partial charge in [0.15, 0.2) is 0 Å². The Hall–Kier alpha value is -0.740. The van der Waals surface area contributed by atoms with E-state index in [0.29, 0.717) is 18.1 Å². The lowest BCUT2D eigenvalue weighted by molar-refractivity contribution is -0.137. The Morgan fingerprint density at radius 1 is 0.964 bits per heavy atom. The first-order valence-corrected chi connectivity index (χ1v) is 12.7. The number of allylic oxidation sites excluding steroid dienone is 4. The van der Waals surface area contributed by atoms with E-state index >= 15 is 0 Å². The first-order chi connectivity index (χ1) is 13.7. The van der Waals surface area contributed by atoms with Gasteiger partial charge in [0.1, 0.15) is 0 Å². The highest BCUT2D eigenvalue weighted by Gasteiger charge is 2.47. The number of carboxylic acids is 1. The number of rotatable bonds is 13. The van der Waals surface area contributed by atoms with Crippen molar-refractivity contribution in [2.45, 2.75) is 89.3 Å². The average molecular weight is 407 g/mol. The molecule has 0 aromatic carbocycles. The van der Waals surface area contributed by atoms with Gasteiger partial charge in [0.05, 0.1) is 12.2 Å². The Balaban J connectivity index is 1.29. The van der Waals surface area contributed by atoms with E-state index in [1.807, 2.05) is 0 Å². The predicted molar refractivity (Wildman–Crippen MR) is 118 cm³/mol. The van der Waals surface area contributed by atoms with E-state index in [2.05, 4.69) is 36.1 Å². The van der Waals surface area contributed by atoms with Crippen molar-refractivity contribution in [3.63, 3.8) is 0 Å². The zero-order chi connectivity index (χ0) is 19.6. The van der Waals surface area contributed by atoms with Gasteiger partial charge in [0, 0.05) is 6.42 Å². The van der Waals surface area contributed by atoms with Gasteiger partial charge in [0.25, 0.3) is 0 Å². The highest BCUT2D eigenvalue weighted by atomic mass is 32.2. The van der Waals surface area contributed by atoms with E-state index in [9.17, 15) is 4.79 Å². The Morgan fingerprint density at radius 2 is 1.75 bits per heavy atom. The third-order valence-corrected chi connectivity index (χ3v) is 7.81. The van der Waals surface area contributed by atoms with Crippen LogP contribution in [-0.2, 0) is 9.53 Å². The Labute approximate surface area is 175 Å². The van der Waals surface area contributed by atoms with Crippen LogP contribution in [0.4, 0.5) is 0 Å². The second kappa shape index (κ2) is 12.1. The van der Waals surface area contributed by atoms with Crippen molar-refractivity contribution in [3.8, 4) is 0 Å². The highest BCUT2D eigenvalue weighted by molar-refractivity contribution is 7.99. The molecule has 3 fully saturated rings. The van der Waals surface area contributed by atoms with Crippen LogP contribution in [0.1, 0.15) is 77.0 Å². The lowest BCUT2D eigenvalue weighted by Gasteiger charge is -2.27. The SMILES string of the molecule is O=C(O)CCCC=CC[C@@H]1[C@H](CCSCCC=CC2CCCC2)[C@@H]2CC[C@H]1O2. The molecule has 2 saturated heterocycles. The van der Waals surface area contributed by atoms with Crippen molar-refractivity contribution < 1.29 is 14.6 Å². The van der Waals surface area contributed by atoms with E-state index in [-0.39, 0.29) is 6.42 Å². The summed E-state index contributed by atoms with van der Waals surface area (Å²) in [5.41, 5.74) is 0. The van der Waals surface area contributed by atoms with Crippen molar-refractivity contribution in [3.05, 3.63) is 24.3 Å². The number of carboxylic acid groups (broad SMARTS) is 1. The predicted octanol–water partition coefficient (Wildman–Crippen LogP) is 6.24. The van der Waals surface area contributed by atoms with Crippen molar-refractivity contribution in [2.24, 2.45) is 17.8 Å². The highest BCUT2D eigenvalue weighted by Crippen LogP contribution is 2.47. The normalized spacial score (nSPS) is 30.3. The standard InChI is InChI=1S/C24H38O3S/c25-24(26)13-4-2-1-3-12-20-21(23-15-14-22(20)27-23)16-18-28-17-8-7-11-19-9-5-6-10-19/h1,3,7,11,19-23H,2,4-6,8-10,12-18H2,(H,25,26)/t20-,21+,22-,23+/m1/s1. The summed E-state index contributed by atoms with van der Waals surface area (Å²) >= 11 is 2.11. The summed E-state index contributed by atoms with van der Waals surface area (Å²) in [5.74, 6) is 4.09. The average Bonchev–Trinajstić information content (AvgIpc) is 3.41. The van der Waals surface area contributed by atoms with Crippen molar-refractivity contribution in [1.82, 2.24) is 0 Å². The first-order valence-electron chi connectivity index (χ1n) is 11.5. The molecule has 158 valence electrons. The van der Waals surface area contributed by atoms with Crippen LogP contribution in [0, 0.1) is 17.8 Å². The number of unbranched alkanes of at least 4 members (excludes halogenated alkanes) is 1. The maximum absolute atomic E-state index is 10.6. The van der Waals surface area contributed by atoms with Crippen LogP contribution in [0.3, 0.4) is 0 Å². The Bertz CT molecular complexity index is 524. The molecule has 3 rings (SSSR count). The third kappa shape index (κ3) is 6.95. The molecule has 0 aromatic heterocycles. The number of hydrogen-bond donors (Lipinski definition) is 1. The van der Waals surface area contributed by atoms with Crippen molar-refractivity contribution >= 4 is 17.7 Å². The fourth-order valence-electron chi connectivity index (χ4n) is 5.25. The summed E-state index contributed by atoms with van der Waals surface area (Å²) in [7, 11) is 0. The second-order valence-corrected chi connectivity index (χ2v) is 10.00. The molecule has 0 amide bonds. The number of ether oxygens (including phenoxy) is 1. The molecule has 2 heterocycles. The van der Waals surface area contributed by atoms with Crippen molar-refractivity contribution in [2.75, 3.05) is 11.5 Å². The lowest BCUT2D eigenvalue weighted by Crippen LogP contribution is -2.27. The smallest absolute Gasteiger partial charge is 0.303 e. The molecule has 1 saturated carbocycles. The molecule has 2 aliphatic heterocycles. The maximum Gasteiger partial charge on any atom is 0.303 e. The maximum atomic E-state index is 10.6. The van der Waals surface area contributed by atoms with Crippen LogP contribution in [0.2, 0.25) is 0 Å².